The van der Waals surface area contributed by atoms with E-state index in [-0.39, 0.29) is 0 Å². The molecule has 0 fully saturated rings. The largest absolute Gasteiger partial charge is 0.209 e. The highest BCUT2D eigenvalue weighted by atomic mass is 79.9. The summed E-state index contributed by atoms with van der Waals surface area (Å²) in [6, 6.07) is 0. The monoisotopic (exact) mass is 147 g/mol. The van der Waals surface area contributed by atoms with Crippen molar-refractivity contribution in [2.75, 3.05) is 6.54 Å². The van der Waals surface area contributed by atoms with Crippen LogP contribution in [-0.4, -0.2) is 6.54 Å². The van der Waals surface area contributed by atoms with Gasteiger partial charge in [0.25, 0.3) is 0 Å². The predicted octanol–water partition coefficient (Wildman–Crippen LogP) is 0.345. The number of nitrogens with one attached hydrogen (secondary N) is 1. The quantitative estimate of drug-likeness (QED) is 0.526. The second-order valence-corrected chi connectivity index (χ2v) is 2.06. The Morgan fingerprint density at radius 1 is 2.00 bits per heavy atom. The molecule has 33 valence electrons. The molecular weight excluding hydrogens is 144 g/mol. The average molecular weight is 148 g/mol. The Labute approximate surface area is 44.7 Å². The minimum absolute atomic E-state index is 0.847. The van der Waals surface area contributed by atoms with Crippen LogP contribution in [0.5, 0.6) is 0 Å². The minimum Gasteiger partial charge on any atom is -0.209 e. The lowest BCUT2D eigenvalue weighted by atomic mass is 10.7. The van der Waals surface area contributed by atoms with Crippen LogP contribution in [0, 0.1) is 0 Å². The molecule has 0 aromatic heterocycles. The maximum absolute atomic E-state index is 3.71. The molecule has 6 heavy (non-hydrogen) atoms. The standard InChI is InChI=1S/C3H4BrN2/c4-3-1-5-6-2-3/h1,6H,2H2. The van der Waals surface area contributed by atoms with Crippen LogP contribution in [0.1, 0.15) is 0 Å². The Balaban J connectivity index is 2.45. The fourth-order valence-electron chi connectivity index (χ4n) is 0.282. The van der Waals surface area contributed by atoms with E-state index in [0.717, 1.165) is 11.0 Å². The molecule has 0 spiro atoms. The summed E-state index contributed by atoms with van der Waals surface area (Å²) >= 11 is 3.24. The number of nitrogens with zero attached hydrogens (tertiary/aromatic N) is 1. The predicted molar refractivity (Wildman–Crippen MR) is 27.1 cm³/mol. The highest BCUT2D eigenvalue weighted by Gasteiger charge is 1.96. The molecule has 0 saturated heterocycles. The van der Waals surface area contributed by atoms with Gasteiger partial charge in [-0.05, 0) is 0 Å². The third kappa shape index (κ3) is 0.725. The molecule has 0 aliphatic carbocycles. The summed E-state index contributed by atoms with van der Waals surface area (Å²) in [4.78, 5) is 0. The minimum atomic E-state index is 0.847. The van der Waals surface area contributed by atoms with E-state index in [2.05, 4.69) is 26.8 Å². The number of hydrogen-bond donors (Lipinski definition) is 1. The van der Waals surface area contributed by atoms with Crippen LogP contribution < -0.4 is 10.9 Å². The molecule has 0 unspecified atom stereocenters. The van der Waals surface area contributed by atoms with Crippen molar-refractivity contribution in [3.8, 4) is 0 Å². The third-order valence-corrected chi connectivity index (χ3v) is 1.03. The molecule has 1 radical (unpaired) electrons. The van der Waals surface area contributed by atoms with E-state index in [4.69, 9.17) is 0 Å². The molecule has 1 rings (SSSR count). The zero-order valence-corrected chi connectivity index (χ0v) is 4.70. The highest BCUT2D eigenvalue weighted by Crippen LogP contribution is 2.03. The molecular formula is C3H4BrN2. The molecule has 0 amide bonds. The fourth-order valence-corrected chi connectivity index (χ4v) is 0.510. The molecule has 0 bridgehead atoms. The van der Waals surface area contributed by atoms with Gasteiger partial charge in [-0.25, -0.2) is 10.9 Å². The van der Waals surface area contributed by atoms with Crippen LogP contribution in [0.25, 0.3) is 0 Å². The van der Waals surface area contributed by atoms with Gasteiger partial charge in [-0.3, -0.25) is 0 Å². The Morgan fingerprint density at radius 2 is 2.83 bits per heavy atom. The van der Waals surface area contributed by atoms with Crippen molar-refractivity contribution < 1.29 is 0 Å². The van der Waals surface area contributed by atoms with Gasteiger partial charge in [-0.15, -0.1) is 0 Å². The Morgan fingerprint density at radius 3 is 3.00 bits per heavy atom. The van der Waals surface area contributed by atoms with E-state index in [9.17, 15) is 0 Å². The van der Waals surface area contributed by atoms with Crippen LogP contribution in [0.4, 0.5) is 0 Å². The molecule has 3 heteroatoms. The van der Waals surface area contributed by atoms with Gasteiger partial charge in [0.2, 0.25) is 0 Å². The SMILES string of the molecule is BrC1=C[N]NC1. The first-order valence-electron chi connectivity index (χ1n) is 1.67. The van der Waals surface area contributed by atoms with Crippen molar-refractivity contribution >= 4 is 15.9 Å². The van der Waals surface area contributed by atoms with Crippen LogP contribution in [-0.2, 0) is 0 Å². The second-order valence-electron chi connectivity index (χ2n) is 1.04. The first kappa shape index (κ1) is 4.15. The lowest BCUT2D eigenvalue weighted by Gasteiger charge is -1.80. The number of hydrogen-bond acceptors (Lipinski definition) is 1. The van der Waals surface area contributed by atoms with Crippen LogP contribution in [0.15, 0.2) is 10.7 Å². The fraction of sp³-hybridized carbons (Fsp3) is 0.333. The van der Waals surface area contributed by atoms with Gasteiger partial charge in [0.15, 0.2) is 0 Å². The van der Waals surface area contributed by atoms with Crippen LogP contribution >= 0.6 is 15.9 Å². The van der Waals surface area contributed by atoms with Crippen molar-refractivity contribution in [3.05, 3.63) is 10.7 Å². The molecule has 1 aliphatic heterocycles. The third-order valence-electron chi connectivity index (χ3n) is 0.544. The first-order chi connectivity index (χ1) is 2.89. The molecule has 0 atom stereocenters. The van der Waals surface area contributed by atoms with E-state index in [1.165, 1.54) is 0 Å². The van der Waals surface area contributed by atoms with Gasteiger partial charge in [0.1, 0.15) is 0 Å². The first-order valence-corrected chi connectivity index (χ1v) is 2.46. The van der Waals surface area contributed by atoms with Gasteiger partial charge in [0.05, 0.1) is 12.7 Å². The Kier molecular flexibility index (Phi) is 1.12. The van der Waals surface area contributed by atoms with Crippen molar-refractivity contribution in [2.24, 2.45) is 0 Å². The van der Waals surface area contributed by atoms with Gasteiger partial charge < -0.3 is 0 Å². The van der Waals surface area contributed by atoms with E-state index in [0.29, 0.717) is 0 Å². The van der Waals surface area contributed by atoms with Crippen molar-refractivity contribution in [2.45, 2.75) is 0 Å². The lowest BCUT2D eigenvalue weighted by molar-refractivity contribution is 0.712. The highest BCUT2D eigenvalue weighted by molar-refractivity contribution is 9.11. The zero-order valence-electron chi connectivity index (χ0n) is 3.11. The average Bonchev–Trinajstić information content (AvgIpc) is 1.86. The molecule has 1 aliphatic rings. The molecule has 1 N–H and O–H groups in total. The Bertz CT molecular complexity index is 78.9. The topological polar surface area (TPSA) is 26.1 Å². The molecule has 0 saturated carbocycles. The molecule has 0 aromatic carbocycles. The summed E-state index contributed by atoms with van der Waals surface area (Å²) < 4.78 is 1.11. The summed E-state index contributed by atoms with van der Waals surface area (Å²) in [6.45, 7) is 0.847. The number of halogens is 1. The summed E-state index contributed by atoms with van der Waals surface area (Å²) in [5, 5.41) is 0. The van der Waals surface area contributed by atoms with Gasteiger partial charge >= 0.3 is 0 Å². The molecule has 2 nitrogen and oxygen atoms in total. The van der Waals surface area contributed by atoms with Gasteiger partial charge in [-0.1, -0.05) is 15.9 Å². The second kappa shape index (κ2) is 1.62. The lowest BCUT2D eigenvalue weighted by Crippen LogP contribution is -2.12. The maximum Gasteiger partial charge on any atom is 0.0527 e. The summed E-state index contributed by atoms with van der Waals surface area (Å²) in [7, 11) is 0. The van der Waals surface area contributed by atoms with E-state index >= 15 is 0 Å². The molecule has 0 aromatic rings. The molecule has 1 heterocycles. The smallest absolute Gasteiger partial charge is 0.0527 e. The van der Waals surface area contributed by atoms with Gasteiger partial charge in [0, 0.05) is 4.48 Å². The van der Waals surface area contributed by atoms with E-state index in [1.54, 1.807) is 6.20 Å². The summed E-state index contributed by atoms with van der Waals surface area (Å²) in [5.74, 6) is 0. The Hall–Kier alpha value is -0.0200. The van der Waals surface area contributed by atoms with E-state index < -0.39 is 0 Å². The van der Waals surface area contributed by atoms with Gasteiger partial charge in [-0.2, -0.15) is 0 Å². The normalized spacial score (nSPS) is 19.8. The van der Waals surface area contributed by atoms with Crippen LogP contribution in [0.2, 0.25) is 0 Å². The summed E-state index contributed by atoms with van der Waals surface area (Å²) in [6.07, 6.45) is 1.75. The summed E-state index contributed by atoms with van der Waals surface area (Å²) in [5.41, 5.74) is 6.46. The maximum atomic E-state index is 3.71. The van der Waals surface area contributed by atoms with Crippen LogP contribution in [0.3, 0.4) is 0 Å². The van der Waals surface area contributed by atoms with Crippen molar-refractivity contribution in [3.63, 3.8) is 0 Å². The van der Waals surface area contributed by atoms with Crippen molar-refractivity contribution in [1.29, 1.82) is 0 Å². The van der Waals surface area contributed by atoms with Crippen molar-refractivity contribution in [1.82, 2.24) is 10.9 Å². The number of rotatable bonds is 0. The zero-order chi connectivity index (χ0) is 4.41. The van der Waals surface area contributed by atoms with E-state index in [1.807, 2.05) is 0 Å².